The fourth-order valence-electron chi connectivity index (χ4n) is 4.27. The first-order valence-corrected chi connectivity index (χ1v) is 11.7. The van der Waals surface area contributed by atoms with Gasteiger partial charge in [-0.15, -0.1) is 24.0 Å². The summed E-state index contributed by atoms with van der Waals surface area (Å²) in [5, 5.41) is 7.32. The number of hydrogen-bond acceptors (Lipinski definition) is 5. The molecule has 2 N–H and O–H groups in total. The van der Waals surface area contributed by atoms with Crippen molar-refractivity contribution in [1.29, 1.82) is 0 Å². The molecule has 0 spiro atoms. The van der Waals surface area contributed by atoms with E-state index in [1.54, 1.807) is 11.2 Å². The molecule has 2 aliphatic rings. The van der Waals surface area contributed by atoms with E-state index < -0.39 is 0 Å². The van der Waals surface area contributed by atoms with E-state index in [0.717, 1.165) is 44.1 Å². The molecule has 9 heteroatoms. The zero-order valence-corrected chi connectivity index (χ0v) is 22.2. The van der Waals surface area contributed by atoms with Crippen LogP contribution in [0.4, 0.5) is 4.79 Å². The fraction of sp³-hybridized carbons (Fsp3) is 0.739. The Labute approximate surface area is 209 Å². The minimum absolute atomic E-state index is 0. The van der Waals surface area contributed by atoms with Crippen molar-refractivity contribution in [3.05, 3.63) is 24.2 Å². The molecule has 2 fully saturated rings. The molecule has 3 heterocycles. The number of halogens is 1. The number of rotatable bonds is 7. The number of piperidine rings is 1. The van der Waals surface area contributed by atoms with E-state index in [-0.39, 0.29) is 30.1 Å². The number of hydrogen-bond donors (Lipinski definition) is 2. The van der Waals surface area contributed by atoms with Gasteiger partial charge in [-0.1, -0.05) is 6.92 Å². The summed E-state index contributed by atoms with van der Waals surface area (Å²) in [6, 6.07) is 5.11. The normalized spacial score (nSPS) is 22.7. The van der Waals surface area contributed by atoms with Crippen LogP contribution in [0.1, 0.15) is 46.3 Å². The molecular formula is C23H40IN5O3. The first-order chi connectivity index (χ1) is 15.0. The van der Waals surface area contributed by atoms with Gasteiger partial charge in [-0.05, 0) is 51.7 Å². The molecule has 3 rings (SSSR count). The highest BCUT2D eigenvalue weighted by Crippen LogP contribution is 2.19. The molecule has 2 atom stereocenters. The molecule has 1 aromatic rings. The third-order valence-corrected chi connectivity index (χ3v) is 6.26. The third kappa shape index (κ3) is 7.83. The van der Waals surface area contributed by atoms with E-state index in [0.29, 0.717) is 50.3 Å². The monoisotopic (exact) mass is 561 g/mol. The molecule has 0 aromatic carbocycles. The topological polar surface area (TPSA) is 82.3 Å². The number of nitrogens with one attached hydrogen (secondary N) is 2. The average Bonchev–Trinajstić information content (AvgIpc) is 3.39. The van der Waals surface area contributed by atoms with Gasteiger partial charge in [-0.2, -0.15) is 0 Å². The lowest BCUT2D eigenvalue weighted by molar-refractivity contribution is 0.0963. The second-order valence-electron chi connectivity index (χ2n) is 8.94. The van der Waals surface area contributed by atoms with Gasteiger partial charge in [0.05, 0.1) is 12.9 Å². The Morgan fingerprint density at radius 2 is 2.03 bits per heavy atom. The van der Waals surface area contributed by atoms with E-state index in [2.05, 4.69) is 36.3 Å². The molecule has 2 aliphatic heterocycles. The van der Waals surface area contributed by atoms with Gasteiger partial charge in [0.15, 0.2) is 5.96 Å². The van der Waals surface area contributed by atoms with Crippen LogP contribution in [0.25, 0.3) is 0 Å². The third-order valence-electron chi connectivity index (χ3n) is 6.26. The highest BCUT2D eigenvalue weighted by Gasteiger charge is 2.32. The van der Waals surface area contributed by atoms with E-state index in [9.17, 15) is 4.79 Å². The van der Waals surface area contributed by atoms with Crippen LogP contribution in [0.15, 0.2) is 27.8 Å². The summed E-state index contributed by atoms with van der Waals surface area (Å²) >= 11 is 0. The van der Waals surface area contributed by atoms with Gasteiger partial charge in [0.25, 0.3) is 0 Å². The maximum absolute atomic E-state index is 12.0. The van der Waals surface area contributed by atoms with Crippen LogP contribution in [0.2, 0.25) is 0 Å². The van der Waals surface area contributed by atoms with E-state index >= 15 is 0 Å². The molecule has 32 heavy (non-hydrogen) atoms. The Balaban J connectivity index is 0.00000363. The number of furan rings is 1. The molecule has 2 unspecified atom stereocenters. The van der Waals surface area contributed by atoms with Crippen molar-refractivity contribution < 1.29 is 13.9 Å². The van der Waals surface area contributed by atoms with Crippen LogP contribution in [0.3, 0.4) is 0 Å². The van der Waals surface area contributed by atoms with Crippen LogP contribution < -0.4 is 10.6 Å². The van der Waals surface area contributed by atoms with E-state index in [4.69, 9.17) is 14.1 Å². The van der Waals surface area contributed by atoms with Gasteiger partial charge in [-0.25, -0.2) is 4.79 Å². The van der Waals surface area contributed by atoms with Crippen molar-refractivity contribution in [2.45, 2.75) is 65.1 Å². The zero-order chi connectivity index (χ0) is 22.2. The van der Waals surface area contributed by atoms with E-state index in [1.165, 1.54) is 0 Å². The van der Waals surface area contributed by atoms with Gasteiger partial charge in [-0.3, -0.25) is 9.89 Å². The Morgan fingerprint density at radius 3 is 2.62 bits per heavy atom. The number of ether oxygens (including phenoxy) is 1. The smallest absolute Gasteiger partial charge is 0.409 e. The lowest BCUT2D eigenvalue weighted by Gasteiger charge is -2.33. The second kappa shape index (κ2) is 13.3. The quantitative estimate of drug-likeness (QED) is 0.302. The number of likely N-dealkylation sites (tertiary alicyclic amines) is 2. The van der Waals surface area contributed by atoms with Crippen LogP contribution >= 0.6 is 24.0 Å². The molecule has 182 valence electrons. The second-order valence-corrected chi connectivity index (χ2v) is 8.94. The lowest BCUT2D eigenvalue weighted by Crippen LogP contribution is -2.53. The number of nitrogens with zero attached hydrogens (tertiary/aromatic N) is 3. The summed E-state index contributed by atoms with van der Waals surface area (Å²) in [5.41, 5.74) is 0. The fourth-order valence-corrected chi connectivity index (χ4v) is 4.27. The molecule has 1 aromatic heterocycles. The predicted octanol–water partition coefficient (Wildman–Crippen LogP) is 3.32. The van der Waals surface area contributed by atoms with Crippen LogP contribution in [0.5, 0.6) is 0 Å². The van der Waals surface area contributed by atoms with Gasteiger partial charge in [0.1, 0.15) is 5.76 Å². The molecular weight excluding hydrogens is 521 g/mol. The van der Waals surface area contributed by atoms with Crippen molar-refractivity contribution in [3.63, 3.8) is 0 Å². The summed E-state index contributed by atoms with van der Waals surface area (Å²) in [7, 11) is 0. The summed E-state index contributed by atoms with van der Waals surface area (Å²) in [6.45, 7) is 13.3. The van der Waals surface area contributed by atoms with Crippen molar-refractivity contribution in [3.8, 4) is 0 Å². The first-order valence-electron chi connectivity index (χ1n) is 11.7. The molecule has 2 saturated heterocycles. The number of guanidine groups is 1. The SMILES string of the molecule is CCOC(=O)N1CCC(NC(=NCCc2ccco2)NC2CN(C(C)C)CC2C)CC1.I. The maximum Gasteiger partial charge on any atom is 0.409 e. The van der Waals surface area contributed by atoms with Crippen molar-refractivity contribution in [1.82, 2.24) is 20.4 Å². The van der Waals surface area contributed by atoms with Crippen LogP contribution in [-0.2, 0) is 11.2 Å². The summed E-state index contributed by atoms with van der Waals surface area (Å²) in [6.07, 6.45) is 4.04. The van der Waals surface area contributed by atoms with Gasteiger partial charge < -0.3 is 24.7 Å². The number of carbonyl (C=O) groups excluding carboxylic acids is 1. The highest BCUT2D eigenvalue weighted by molar-refractivity contribution is 14.0. The average molecular weight is 562 g/mol. The van der Waals surface area contributed by atoms with Gasteiger partial charge in [0, 0.05) is 57.3 Å². The Hall–Kier alpha value is -1.49. The highest BCUT2D eigenvalue weighted by atomic mass is 127. The van der Waals surface area contributed by atoms with Gasteiger partial charge in [0.2, 0.25) is 0 Å². The van der Waals surface area contributed by atoms with Crippen molar-refractivity contribution in [2.75, 3.05) is 39.3 Å². The molecule has 1 amide bonds. The summed E-state index contributed by atoms with van der Waals surface area (Å²) in [5.74, 6) is 2.37. The minimum Gasteiger partial charge on any atom is -0.469 e. The standard InChI is InChI=1S/C23H39N5O3.HI/c1-5-30-23(29)27-12-9-19(10-13-27)25-22(24-11-8-20-7-6-14-31-20)26-21-16-28(17(2)3)15-18(21)4;/h6-7,14,17-19,21H,5,8-13,15-16H2,1-4H3,(H2,24,25,26);1H. The zero-order valence-electron chi connectivity index (χ0n) is 19.9. The molecule has 0 bridgehead atoms. The largest absolute Gasteiger partial charge is 0.469 e. The minimum atomic E-state index is -0.208. The van der Waals surface area contributed by atoms with Crippen LogP contribution in [-0.4, -0.2) is 79.3 Å². The lowest BCUT2D eigenvalue weighted by atomic mass is 10.1. The van der Waals surface area contributed by atoms with Crippen molar-refractivity contribution in [2.24, 2.45) is 10.9 Å². The molecule has 0 radical (unpaired) electrons. The predicted molar refractivity (Wildman–Crippen MR) is 138 cm³/mol. The summed E-state index contributed by atoms with van der Waals surface area (Å²) < 4.78 is 10.6. The van der Waals surface area contributed by atoms with Crippen molar-refractivity contribution >= 4 is 36.0 Å². The molecule has 8 nitrogen and oxygen atoms in total. The number of carbonyl (C=O) groups is 1. The number of amides is 1. The first kappa shape index (κ1) is 26.8. The number of aliphatic imine (C=N–C) groups is 1. The molecule has 0 aliphatic carbocycles. The summed E-state index contributed by atoms with van der Waals surface area (Å²) in [4.78, 5) is 21.1. The Morgan fingerprint density at radius 1 is 1.28 bits per heavy atom. The molecule has 0 saturated carbocycles. The van der Waals surface area contributed by atoms with Gasteiger partial charge >= 0.3 is 6.09 Å². The maximum atomic E-state index is 12.0. The Kier molecular flexibility index (Phi) is 11.1. The van der Waals surface area contributed by atoms with E-state index in [1.807, 2.05) is 19.1 Å². The van der Waals surface area contributed by atoms with Crippen LogP contribution in [0, 0.1) is 5.92 Å². The Bertz CT molecular complexity index is 704.